The fourth-order valence-electron chi connectivity index (χ4n) is 1.18. The quantitative estimate of drug-likeness (QED) is 0.766. The van der Waals surface area contributed by atoms with Crippen molar-refractivity contribution < 1.29 is 4.74 Å². The molecule has 70 valence electrons. The molecule has 0 aromatic heterocycles. The van der Waals surface area contributed by atoms with Crippen LogP contribution in [-0.4, -0.2) is 14.2 Å². The highest BCUT2D eigenvalue weighted by Crippen LogP contribution is 2.23. The van der Waals surface area contributed by atoms with E-state index in [1.807, 2.05) is 44.3 Å². The standard InChI is InChI=1S/C11H15NO/c1-4-5-9-6-7-10(12-2)8-11(9)13-3/h4-8,12H,1-3H3. The lowest BCUT2D eigenvalue weighted by Gasteiger charge is -2.07. The van der Waals surface area contributed by atoms with E-state index in [0.29, 0.717) is 0 Å². The van der Waals surface area contributed by atoms with Crippen LogP contribution in [0, 0.1) is 0 Å². The Morgan fingerprint density at radius 1 is 1.38 bits per heavy atom. The van der Waals surface area contributed by atoms with Crippen LogP contribution in [0.3, 0.4) is 0 Å². The summed E-state index contributed by atoms with van der Waals surface area (Å²) in [4.78, 5) is 0. The average Bonchev–Trinajstić information content (AvgIpc) is 2.19. The smallest absolute Gasteiger partial charge is 0.128 e. The summed E-state index contributed by atoms with van der Waals surface area (Å²) in [6.45, 7) is 1.99. The Labute approximate surface area is 79.2 Å². The van der Waals surface area contributed by atoms with Gasteiger partial charge in [0.2, 0.25) is 0 Å². The van der Waals surface area contributed by atoms with Crippen LogP contribution >= 0.6 is 0 Å². The summed E-state index contributed by atoms with van der Waals surface area (Å²) in [5.74, 6) is 0.893. The molecule has 1 aromatic rings. The number of benzene rings is 1. The normalized spacial score (nSPS) is 10.4. The molecule has 0 fully saturated rings. The first-order chi connectivity index (χ1) is 6.31. The second-order valence-corrected chi connectivity index (χ2v) is 2.71. The van der Waals surface area contributed by atoms with Gasteiger partial charge in [-0.2, -0.15) is 0 Å². The number of nitrogens with one attached hydrogen (secondary N) is 1. The maximum absolute atomic E-state index is 5.25. The van der Waals surface area contributed by atoms with Gasteiger partial charge in [-0.15, -0.1) is 0 Å². The van der Waals surface area contributed by atoms with Gasteiger partial charge in [0.25, 0.3) is 0 Å². The van der Waals surface area contributed by atoms with E-state index >= 15 is 0 Å². The topological polar surface area (TPSA) is 21.3 Å². The third kappa shape index (κ3) is 2.25. The summed E-state index contributed by atoms with van der Waals surface area (Å²) in [7, 11) is 3.58. The summed E-state index contributed by atoms with van der Waals surface area (Å²) in [6, 6.07) is 6.04. The van der Waals surface area contributed by atoms with Crippen LogP contribution in [0.5, 0.6) is 5.75 Å². The van der Waals surface area contributed by atoms with E-state index in [4.69, 9.17) is 4.74 Å². The number of methoxy groups -OCH3 is 1. The first kappa shape index (κ1) is 9.65. The zero-order valence-electron chi connectivity index (χ0n) is 8.29. The Bertz CT molecular complexity index is 305. The fraction of sp³-hybridized carbons (Fsp3) is 0.273. The van der Waals surface area contributed by atoms with Crippen LogP contribution in [0.25, 0.3) is 6.08 Å². The van der Waals surface area contributed by atoms with Gasteiger partial charge < -0.3 is 10.1 Å². The summed E-state index contributed by atoms with van der Waals surface area (Å²) < 4.78 is 5.25. The molecule has 2 heteroatoms. The molecule has 0 aliphatic carbocycles. The fourth-order valence-corrected chi connectivity index (χ4v) is 1.18. The van der Waals surface area contributed by atoms with Crippen LogP contribution in [0.2, 0.25) is 0 Å². The monoisotopic (exact) mass is 177 g/mol. The molecule has 0 unspecified atom stereocenters. The van der Waals surface area contributed by atoms with Gasteiger partial charge in [0.1, 0.15) is 5.75 Å². The summed E-state index contributed by atoms with van der Waals surface area (Å²) in [6.07, 6.45) is 4.02. The van der Waals surface area contributed by atoms with Crippen molar-refractivity contribution >= 4 is 11.8 Å². The van der Waals surface area contributed by atoms with Crippen molar-refractivity contribution in [3.05, 3.63) is 29.8 Å². The molecule has 0 saturated carbocycles. The minimum absolute atomic E-state index is 0.893. The number of allylic oxidation sites excluding steroid dienone is 1. The molecule has 0 spiro atoms. The molecular formula is C11H15NO. The Morgan fingerprint density at radius 2 is 2.15 bits per heavy atom. The van der Waals surface area contributed by atoms with E-state index in [-0.39, 0.29) is 0 Å². The lowest BCUT2D eigenvalue weighted by molar-refractivity contribution is 0.414. The first-order valence-corrected chi connectivity index (χ1v) is 4.30. The van der Waals surface area contributed by atoms with Gasteiger partial charge in [-0.1, -0.05) is 12.2 Å². The summed E-state index contributed by atoms with van der Waals surface area (Å²) in [5, 5.41) is 3.07. The molecule has 13 heavy (non-hydrogen) atoms. The second-order valence-electron chi connectivity index (χ2n) is 2.71. The van der Waals surface area contributed by atoms with E-state index in [2.05, 4.69) is 5.32 Å². The maximum Gasteiger partial charge on any atom is 0.128 e. The highest BCUT2D eigenvalue weighted by molar-refractivity contribution is 5.62. The number of ether oxygens (including phenoxy) is 1. The van der Waals surface area contributed by atoms with Crippen LogP contribution in [0.1, 0.15) is 12.5 Å². The third-order valence-electron chi connectivity index (χ3n) is 1.87. The molecule has 0 amide bonds. The Hall–Kier alpha value is -1.44. The highest BCUT2D eigenvalue weighted by atomic mass is 16.5. The largest absolute Gasteiger partial charge is 0.496 e. The molecule has 1 rings (SSSR count). The van der Waals surface area contributed by atoms with E-state index in [0.717, 1.165) is 17.0 Å². The Balaban J connectivity index is 3.07. The van der Waals surface area contributed by atoms with Crippen molar-refractivity contribution in [2.75, 3.05) is 19.5 Å². The van der Waals surface area contributed by atoms with Crippen molar-refractivity contribution in [3.8, 4) is 5.75 Å². The minimum Gasteiger partial charge on any atom is -0.496 e. The SMILES string of the molecule is CC=Cc1ccc(NC)cc1OC. The number of hydrogen-bond acceptors (Lipinski definition) is 2. The highest BCUT2D eigenvalue weighted by Gasteiger charge is 1.99. The number of anilines is 1. The predicted octanol–water partition coefficient (Wildman–Crippen LogP) is 2.77. The molecular weight excluding hydrogens is 162 g/mol. The van der Waals surface area contributed by atoms with E-state index in [9.17, 15) is 0 Å². The minimum atomic E-state index is 0.893. The van der Waals surface area contributed by atoms with Crippen molar-refractivity contribution in [3.63, 3.8) is 0 Å². The van der Waals surface area contributed by atoms with Crippen LogP contribution in [0.4, 0.5) is 5.69 Å². The Morgan fingerprint density at radius 3 is 2.69 bits per heavy atom. The predicted molar refractivity (Wildman–Crippen MR) is 57.2 cm³/mol. The lowest BCUT2D eigenvalue weighted by Crippen LogP contribution is -1.91. The van der Waals surface area contributed by atoms with Gasteiger partial charge in [0, 0.05) is 24.4 Å². The molecule has 0 aliphatic rings. The molecule has 2 nitrogen and oxygen atoms in total. The van der Waals surface area contributed by atoms with Crippen molar-refractivity contribution in [1.82, 2.24) is 0 Å². The van der Waals surface area contributed by atoms with Gasteiger partial charge in [0.05, 0.1) is 7.11 Å². The van der Waals surface area contributed by atoms with Crippen LogP contribution in [-0.2, 0) is 0 Å². The molecule has 0 saturated heterocycles. The molecule has 0 atom stereocenters. The van der Waals surface area contributed by atoms with Gasteiger partial charge in [-0.25, -0.2) is 0 Å². The van der Waals surface area contributed by atoms with Gasteiger partial charge in [0.15, 0.2) is 0 Å². The molecule has 0 radical (unpaired) electrons. The number of hydrogen-bond donors (Lipinski definition) is 1. The Kier molecular flexibility index (Phi) is 3.38. The van der Waals surface area contributed by atoms with Gasteiger partial charge in [-0.05, 0) is 19.1 Å². The third-order valence-corrected chi connectivity index (χ3v) is 1.87. The maximum atomic E-state index is 5.25. The molecule has 0 heterocycles. The van der Waals surface area contributed by atoms with Crippen molar-refractivity contribution in [1.29, 1.82) is 0 Å². The first-order valence-electron chi connectivity index (χ1n) is 4.30. The summed E-state index contributed by atoms with van der Waals surface area (Å²) in [5.41, 5.74) is 2.16. The van der Waals surface area contributed by atoms with Crippen LogP contribution < -0.4 is 10.1 Å². The lowest BCUT2D eigenvalue weighted by atomic mass is 10.1. The summed E-state index contributed by atoms with van der Waals surface area (Å²) >= 11 is 0. The molecule has 1 N–H and O–H groups in total. The second kappa shape index (κ2) is 4.55. The van der Waals surface area contributed by atoms with Crippen LogP contribution in [0.15, 0.2) is 24.3 Å². The van der Waals surface area contributed by atoms with Gasteiger partial charge in [-0.3, -0.25) is 0 Å². The van der Waals surface area contributed by atoms with Crippen molar-refractivity contribution in [2.45, 2.75) is 6.92 Å². The molecule has 0 aliphatic heterocycles. The molecule has 0 bridgehead atoms. The van der Waals surface area contributed by atoms with Gasteiger partial charge >= 0.3 is 0 Å². The zero-order chi connectivity index (χ0) is 9.68. The molecule has 1 aromatic carbocycles. The number of rotatable bonds is 3. The average molecular weight is 177 g/mol. The van der Waals surface area contributed by atoms with E-state index < -0.39 is 0 Å². The zero-order valence-corrected chi connectivity index (χ0v) is 8.29. The van der Waals surface area contributed by atoms with Crippen molar-refractivity contribution in [2.24, 2.45) is 0 Å². The van der Waals surface area contributed by atoms with E-state index in [1.54, 1.807) is 7.11 Å². The van der Waals surface area contributed by atoms with E-state index in [1.165, 1.54) is 0 Å².